The second-order valence-corrected chi connectivity index (χ2v) is 2.87. The summed E-state index contributed by atoms with van der Waals surface area (Å²) in [4.78, 5) is 22.4. The topological polar surface area (TPSA) is 74.3 Å². The molecule has 0 amide bonds. The predicted octanol–water partition coefficient (Wildman–Crippen LogP) is 0.186. The van der Waals surface area contributed by atoms with Crippen LogP contribution in [0.25, 0.3) is 0 Å². The maximum atomic E-state index is 11.4. The third kappa shape index (κ3) is 1.93. The van der Waals surface area contributed by atoms with E-state index in [1.165, 1.54) is 6.20 Å². The number of hydrogen-bond donors (Lipinski definition) is 1. The molecule has 0 aliphatic carbocycles. The van der Waals surface area contributed by atoms with Crippen molar-refractivity contribution in [2.24, 2.45) is 0 Å². The number of aromatic nitrogens is 1. The normalized spacial score (nSPS) is 9.86. The Hall–Kier alpha value is -1.78. The number of pyridine rings is 1. The van der Waals surface area contributed by atoms with Gasteiger partial charge in [0, 0.05) is 12.6 Å². The van der Waals surface area contributed by atoms with Crippen LogP contribution in [0.1, 0.15) is 18.9 Å². The highest BCUT2D eigenvalue weighted by atomic mass is 16.5. The number of carbonyl (C=O) groups excluding carboxylic acids is 1. The van der Waals surface area contributed by atoms with Gasteiger partial charge < -0.3 is 10.6 Å². The van der Waals surface area contributed by atoms with Gasteiger partial charge >= 0.3 is 11.5 Å². The summed E-state index contributed by atoms with van der Waals surface area (Å²) in [5.41, 5.74) is 0.0882. The van der Waals surface area contributed by atoms with Crippen LogP contribution >= 0.6 is 0 Å². The summed E-state index contributed by atoms with van der Waals surface area (Å²) >= 11 is 0. The van der Waals surface area contributed by atoms with Gasteiger partial charge in [-0.25, -0.2) is 4.68 Å². The van der Waals surface area contributed by atoms with E-state index in [4.69, 9.17) is 10.6 Å². The Kier molecular flexibility index (Phi) is 2.91. The maximum Gasteiger partial charge on any atom is 0.311 e. The summed E-state index contributed by atoms with van der Waals surface area (Å²) in [5, 5.41) is 0. The van der Waals surface area contributed by atoms with E-state index in [9.17, 15) is 9.59 Å². The number of nitrogens with zero attached hydrogens (tertiary/aromatic N) is 1. The first kappa shape index (κ1) is 10.3. The van der Waals surface area contributed by atoms with Gasteiger partial charge in [0.1, 0.15) is 0 Å². The van der Waals surface area contributed by atoms with E-state index in [1.807, 2.05) is 0 Å². The highest BCUT2D eigenvalue weighted by Gasteiger charge is 2.10. The molecule has 5 nitrogen and oxygen atoms in total. The number of esters is 1. The van der Waals surface area contributed by atoms with Crippen molar-refractivity contribution >= 4 is 5.97 Å². The fourth-order valence-electron chi connectivity index (χ4n) is 0.932. The van der Waals surface area contributed by atoms with Gasteiger partial charge in [0.15, 0.2) is 0 Å². The zero-order valence-electron chi connectivity index (χ0n) is 8.11. The van der Waals surface area contributed by atoms with Crippen LogP contribution in [0, 0.1) is 6.92 Å². The Morgan fingerprint density at radius 2 is 2.29 bits per heavy atom. The first-order valence-electron chi connectivity index (χ1n) is 4.24. The molecule has 1 aromatic rings. The molecule has 0 spiro atoms. The van der Waals surface area contributed by atoms with E-state index in [2.05, 4.69) is 0 Å². The summed E-state index contributed by atoms with van der Waals surface area (Å²) in [7, 11) is 0. The van der Waals surface area contributed by atoms with Gasteiger partial charge in [-0.2, -0.15) is 0 Å². The van der Waals surface area contributed by atoms with Crippen LogP contribution in [0.2, 0.25) is 0 Å². The van der Waals surface area contributed by atoms with Crippen LogP contribution in [-0.2, 0) is 4.79 Å². The lowest BCUT2D eigenvalue weighted by molar-refractivity contribution is -0.134. The molecular weight excluding hydrogens is 184 g/mol. The molecule has 2 N–H and O–H groups in total. The molecule has 0 bridgehead atoms. The van der Waals surface area contributed by atoms with Crippen LogP contribution in [0.4, 0.5) is 0 Å². The average Bonchev–Trinajstić information content (AvgIpc) is 2.18. The quantitative estimate of drug-likeness (QED) is 0.541. The van der Waals surface area contributed by atoms with Crippen LogP contribution in [0.5, 0.6) is 5.75 Å². The molecule has 0 atom stereocenters. The fourth-order valence-corrected chi connectivity index (χ4v) is 0.932. The summed E-state index contributed by atoms with van der Waals surface area (Å²) in [6.45, 7) is 3.33. The Labute approximate surface area is 81.1 Å². The zero-order valence-corrected chi connectivity index (χ0v) is 8.11. The van der Waals surface area contributed by atoms with Crippen LogP contribution in [0.15, 0.2) is 17.1 Å². The van der Waals surface area contributed by atoms with Crippen LogP contribution in [-0.4, -0.2) is 10.6 Å². The van der Waals surface area contributed by atoms with Crippen molar-refractivity contribution in [2.45, 2.75) is 20.3 Å². The summed E-state index contributed by atoms with van der Waals surface area (Å²) < 4.78 is 5.73. The molecule has 0 fully saturated rings. The largest absolute Gasteiger partial charge is 0.420 e. The highest BCUT2D eigenvalue weighted by molar-refractivity contribution is 5.72. The Morgan fingerprint density at radius 1 is 1.64 bits per heavy atom. The molecule has 0 unspecified atom stereocenters. The van der Waals surface area contributed by atoms with E-state index in [0.29, 0.717) is 5.56 Å². The molecule has 1 heterocycles. The van der Waals surface area contributed by atoms with Gasteiger partial charge in [-0.1, -0.05) is 6.92 Å². The van der Waals surface area contributed by atoms with E-state index >= 15 is 0 Å². The Morgan fingerprint density at radius 3 is 2.86 bits per heavy atom. The maximum absolute atomic E-state index is 11.4. The fraction of sp³-hybridized carbons (Fsp3) is 0.333. The second kappa shape index (κ2) is 3.95. The number of nitrogen functional groups attached to an aromatic ring is 1. The summed E-state index contributed by atoms with van der Waals surface area (Å²) in [5.74, 6) is 4.87. The van der Waals surface area contributed by atoms with Crippen molar-refractivity contribution in [2.75, 3.05) is 5.84 Å². The summed E-state index contributed by atoms with van der Waals surface area (Å²) in [6.07, 6.45) is 1.64. The average molecular weight is 196 g/mol. The van der Waals surface area contributed by atoms with Crippen molar-refractivity contribution in [1.82, 2.24) is 4.68 Å². The Balaban J connectivity index is 3.13. The molecule has 0 aliphatic heterocycles. The van der Waals surface area contributed by atoms with Crippen molar-refractivity contribution in [3.8, 4) is 5.75 Å². The van der Waals surface area contributed by atoms with E-state index in [1.54, 1.807) is 19.9 Å². The smallest absolute Gasteiger partial charge is 0.311 e. The standard InChI is InChI=1S/C9H12N2O3/c1-3-7(12)14-8-6(2)4-5-11(10)9(8)13/h4-5H,3,10H2,1-2H3. The summed E-state index contributed by atoms with van der Waals surface area (Å²) in [6, 6.07) is 1.61. The minimum Gasteiger partial charge on any atom is -0.420 e. The number of aryl methyl sites for hydroxylation is 1. The molecular formula is C9H12N2O3. The molecule has 0 saturated heterocycles. The molecule has 5 heteroatoms. The van der Waals surface area contributed by atoms with Crippen molar-refractivity contribution in [3.05, 3.63) is 28.2 Å². The van der Waals surface area contributed by atoms with Gasteiger partial charge in [0.05, 0.1) is 0 Å². The molecule has 0 saturated carbocycles. The number of rotatable bonds is 2. The first-order chi connectivity index (χ1) is 6.56. The number of hydrogen-bond acceptors (Lipinski definition) is 4. The zero-order chi connectivity index (χ0) is 10.7. The first-order valence-corrected chi connectivity index (χ1v) is 4.24. The lowest BCUT2D eigenvalue weighted by atomic mass is 10.3. The predicted molar refractivity (Wildman–Crippen MR) is 51.5 cm³/mol. The van der Waals surface area contributed by atoms with E-state index < -0.39 is 11.5 Å². The van der Waals surface area contributed by atoms with Gasteiger partial charge in [0.2, 0.25) is 5.75 Å². The molecule has 1 aromatic heterocycles. The number of ether oxygens (including phenoxy) is 1. The lowest BCUT2D eigenvalue weighted by Crippen LogP contribution is -2.29. The SMILES string of the molecule is CCC(=O)Oc1c(C)ccn(N)c1=O. The Bertz CT molecular complexity index is 409. The number of nitrogens with two attached hydrogens (primary N) is 1. The second-order valence-electron chi connectivity index (χ2n) is 2.87. The van der Waals surface area contributed by atoms with Crippen molar-refractivity contribution < 1.29 is 9.53 Å². The molecule has 0 aromatic carbocycles. The van der Waals surface area contributed by atoms with Gasteiger partial charge in [-0.3, -0.25) is 9.59 Å². The monoisotopic (exact) mass is 196 g/mol. The molecule has 76 valence electrons. The van der Waals surface area contributed by atoms with Gasteiger partial charge in [0.25, 0.3) is 0 Å². The van der Waals surface area contributed by atoms with Gasteiger partial charge in [-0.05, 0) is 18.6 Å². The van der Waals surface area contributed by atoms with E-state index in [-0.39, 0.29) is 12.2 Å². The third-order valence-corrected chi connectivity index (χ3v) is 1.78. The molecule has 0 aliphatic rings. The minimum atomic E-state index is -0.508. The number of carbonyl (C=O) groups is 1. The lowest BCUT2D eigenvalue weighted by Gasteiger charge is -2.06. The van der Waals surface area contributed by atoms with Crippen molar-refractivity contribution in [3.63, 3.8) is 0 Å². The van der Waals surface area contributed by atoms with Crippen LogP contribution < -0.4 is 16.1 Å². The molecule has 14 heavy (non-hydrogen) atoms. The van der Waals surface area contributed by atoms with E-state index in [0.717, 1.165) is 4.68 Å². The molecule has 0 radical (unpaired) electrons. The van der Waals surface area contributed by atoms with Crippen molar-refractivity contribution in [1.29, 1.82) is 0 Å². The highest BCUT2D eigenvalue weighted by Crippen LogP contribution is 2.10. The van der Waals surface area contributed by atoms with Crippen LogP contribution in [0.3, 0.4) is 0 Å². The third-order valence-electron chi connectivity index (χ3n) is 1.78. The minimum absolute atomic E-state index is 0.00171. The molecule has 1 rings (SSSR count). The van der Waals surface area contributed by atoms with Gasteiger partial charge in [-0.15, -0.1) is 0 Å².